The molecule has 18 heavy (non-hydrogen) atoms. The molecule has 1 aromatic carbocycles. The average molecular weight is 270 g/mol. The van der Waals surface area contributed by atoms with E-state index in [2.05, 4.69) is 5.32 Å². The molecule has 0 bridgehead atoms. The van der Waals surface area contributed by atoms with E-state index >= 15 is 0 Å². The van der Waals surface area contributed by atoms with Crippen LogP contribution in [0.25, 0.3) is 0 Å². The molecule has 4 nitrogen and oxygen atoms in total. The molecule has 0 saturated carbocycles. The van der Waals surface area contributed by atoms with Crippen LogP contribution in [0.4, 0.5) is 4.79 Å². The molecule has 0 unspecified atom stereocenters. The quantitative estimate of drug-likeness (QED) is 0.678. The van der Waals surface area contributed by atoms with Crippen molar-refractivity contribution in [3.05, 3.63) is 23.8 Å². The molecular weight excluding hydrogens is 254 g/mol. The van der Waals surface area contributed by atoms with Crippen molar-refractivity contribution in [2.24, 2.45) is 0 Å². The third kappa shape index (κ3) is 2.88. The van der Waals surface area contributed by atoms with Gasteiger partial charge in [0.05, 0.1) is 0 Å². The van der Waals surface area contributed by atoms with E-state index in [1.54, 1.807) is 0 Å². The highest BCUT2D eigenvalue weighted by Crippen LogP contribution is 2.34. The van der Waals surface area contributed by atoms with Crippen molar-refractivity contribution in [2.75, 3.05) is 19.8 Å². The van der Waals surface area contributed by atoms with Gasteiger partial charge in [-0.15, -0.1) is 0 Å². The summed E-state index contributed by atoms with van der Waals surface area (Å²) in [7, 11) is 0. The average Bonchev–Trinajstić information content (AvgIpc) is 2.36. The summed E-state index contributed by atoms with van der Waals surface area (Å²) in [5.41, 5.74) is 0.845. The van der Waals surface area contributed by atoms with Crippen LogP contribution in [0.2, 0.25) is 0 Å². The second-order valence-electron chi connectivity index (χ2n) is 4.87. The lowest BCUT2D eigenvalue weighted by atomic mass is 9.84. The van der Waals surface area contributed by atoms with Crippen LogP contribution in [-0.4, -0.2) is 25.1 Å². The van der Waals surface area contributed by atoms with Crippen molar-refractivity contribution in [3.63, 3.8) is 0 Å². The first-order valence-electron chi connectivity index (χ1n) is 5.82. The predicted molar refractivity (Wildman–Crippen MR) is 69.7 cm³/mol. The summed E-state index contributed by atoms with van der Waals surface area (Å²) in [6.45, 7) is 5.68. The molecule has 1 aliphatic heterocycles. The first kappa shape index (κ1) is 13.0. The fourth-order valence-corrected chi connectivity index (χ4v) is 1.92. The van der Waals surface area contributed by atoms with Gasteiger partial charge < -0.3 is 14.8 Å². The summed E-state index contributed by atoms with van der Waals surface area (Å²) < 4.78 is 11.0. The van der Waals surface area contributed by atoms with Crippen LogP contribution in [0.15, 0.2) is 18.2 Å². The second kappa shape index (κ2) is 5.06. The molecule has 1 aromatic rings. The van der Waals surface area contributed by atoms with E-state index in [0.717, 1.165) is 17.1 Å². The monoisotopic (exact) mass is 269 g/mol. The minimum absolute atomic E-state index is 0.222. The molecule has 1 N–H and O–H groups in total. The molecule has 1 aliphatic rings. The Morgan fingerprint density at radius 1 is 1.33 bits per heavy atom. The first-order chi connectivity index (χ1) is 8.49. The molecule has 0 aliphatic carbocycles. The molecule has 2 rings (SSSR count). The number of ether oxygens (including phenoxy) is 2. The van der Waals surface area contributed by atoms with Gasteiger partial charge in [-0.1, -0.05) is 19.9 Å². The number of hydrogen-bond acceptors (Lipinski definition) is 3. The maximum atomic E-state index is 10.8. The number of carbonyl (C=O) groups is 1. The maximum Gasteiger partial charge on any atom is 0.313 e. The number of amides is 1. The lowest BCUT2D eigenvalue weighted by molar-refractivity contribution is 0.171. The van der Waals surface area contributed by atoms with E-state index in [1.807, 2.05) is 32.0 Å². The molecule has 0 saturated heterocycles. The summed E-state index contributed by atoms with van der Waals surface area (Å²) in [5, 5.41) is 2.08. The minimum Gasteiger partial charge on any atom is -0.486 e. The van der Waals surface area contributed by atoms with Crippen molar-refractivity contribution in [2.45, 2.75) is 19.3 Å². The molecule has 0 atom stereocenters. The summed E-state index contributed by atoms with van der Waals surface area (Å²) in [6, 6.07) is 5.83. The molecule has 1 heterocycles. The summed E-state index contributed by atoms with van der Waals surface area (Å²) in [6.07, 6.45) is 0. The van der Waals surface area contributed by atoms with Crippen LogP contribution in [0.3, 0.4) is 0 Å². The van der Waals surface area contributed by atoms with Crippen LogP contribution in [0, 0.1) is 0 Å². The van der Waals surface area contributed by atoms with Crippen LogP contribution in [0.1, 0.15) is 19.4 Å². The number of rotatable bonds is 3. The number of benzene rings is 1. The Bertz CT molecular complexity index is 460. The fourth-order valence-electron chi connectivity index (χ4n) is 1.86. The van der Waals surface area contributed by atoms with Crippen molar-refractivity contribution < 1.29 is 14.3 Å². The van der Waals surface area contributed by atoms with Gasteiger partial charge in [0.1, 0.15) is 13.2 Å². The summed E-state index contributed by atoms with van der Waals surface area (Å²) in [5.74, 6) is 1.52. The topological polar surface area (TPSA) is 47.6 Å². The Hall–Kier alpha value is -1.42. The van der Waals surface area contributed by atoms with Gasteiger partial charge in [-0.25, -0.2) is 0 Å². The highest BCUT2D eigenvalue weighted by Gasteiger charge is 2.23. The van der Waals surface area contributed by atoms with Gasteiger partial charge in [-0.05, 0) is 29.3 Å². The highest BCUT2D eigenvalue weighted by atomic mass is 35.5. The zero-order valence-electron chi connectivity index (χ0n) is 10.5. The van der Waals surface area contributed by atoms with Gasteiger partial charge in [0, 0.05) is 12.0 Å². The zero-order chi connectivity index (χ0) is 13.2. The van der Waals surface area contributed by atoms with Crippen LogP contribution >= 0.6 is 11.6 Å². The second-order valence-corrected chi connectivity index (χ2v) is 5.21. The molecule has 0 spiro atoms. The molecule has 0 radical (unpaired) electrons. The normalized spacial score (nSPS) is 14.2. The van der Waals surface area contributed by atoms with Gasteiger partial charge in [0.15, 0.2) is 11.5 Å². The van der Waals surface area contributed by atoms with Crippen LogP contribution < -0.4 is 14.8 Å². The van der Waals surface area contributed by atoms with E-state index < -0.39 is 5.37 Å². The highest BCUT2D eigenvalue weighted by molar-refractivity contribution is 6.62. The summed E-state index contributed by atoms with van der Waals surface area (Å²) in [4.78, 5) is 10.8. The Balaban J connectivity index is 2.19. The Morgan fingerprint density at radius 3 is 2.67 bits per heavy atom. The van der Waals surface area contributed by atoms with Crippen LogP contribution in [0.5, 0.6) is 11.5 Å². The van der Waals surface area contributed by atoms with E-state index in [1.165, 1.54) is 0 Å². The number of fused-ring (bicyclic) bond motifs is 1. The predicted octanol–water partition coefficient (Wildman–Crippen LogP) is 2.68. The smallest absolute Gasteiger partial charge is 0.313 e. The minimum atomic E-state index is -0.541. The van der Waals surface area contributed by atoms with E-state index in [9.17, 15) is 4.79 Å². The molecule has 0 fully saturated rings. The fraction of sp³-hybridized carbons (Fsp3) is 0.462. The standard InChI is InChI=1S/C13H16ClNO3/c1-13(2,8-15-12(14)16)9-3-4-10-11(7-9)18-6-5-17-10/h3-4,7H,5-6,8H2,1-2H3,(H,15,16). The largest absolute Gasteiger partial charge is 0.486 e. The Labute approximate surface area is 111 Å². The Morgan fingerprint density at radius 2 is 2.00 bits per heavy atom. The number of nitrogens with one attached hydrogen (secondary N) is 1. The SMILES string of the molecule is CC(C)(CNC(=O)Cl)c1ccc2c(c1)OCCO2. The van der Waals surface area contributed by atoms with Crippen molar-refractivity contribution in [3.8, 4) is 11.5 Å². The third-order valence-electron chi connectivity index (χ3n) is 2.99. The molecule has 0 aromatic heterocycles. The van der Waals surface area contributed by atoms with E-state index in [4.69, 9.17) is 21.1 Å². The molecular formula is C13H16ClNO3. The van der Waals surface area contributed by atoms with Crippen molar-refractivity contribution in [1.82, 2.24) is 5.32 Å². The van der Waals surface area contributed by atoms with Gasteiger partial charge >= 0.3 is 5.37 Å². The first-order valence-corrected chi connectivity index (χ1v) is 6.20. The third-order valence-corrected chi connectivity index (χ3v) is 3.13. The van der Waals surface area contributed by atoms with E-state index in [-0.39, 0.29) is 5.41 Å². The Kier molecular flexibility index (Phi) is 3.66. The van der Waals surface area contributed by atoms with Crippen molar-refractivity contribution in [1.29, 1.82) is 0 Å². The van der Waals surface area contributed by atoms with Gasteiger partial charge in [-0.2, -0.15) is 0 Å². The molecule has 98 valence electrons. The lowest BCUT2D eigenvalue weighted by Crippen LogP contribution is -2.34. The van der Waals surface area contributed by atoms with E-state index in [0.29, 0.717) is 19.8 Å². The molecule has 5 heteroatoms. The van der Waals surface area contributed by atoms with Gasteiger partial charge in [0.25, 0.3) is 0 Å². The lowest BCUT2D eigenvalue weighted by Gasteiger charge is -2.27. The maximum absolute atomic E-state index is 10.8. The number of carbonyl (C=O) groups excluding carboxylic acids is 1. The summed E-state index contributed by atoms with van der Waals surface area (Å²) >= 11 is 5.29. The number of halogens is 1. The molecule has 1 amide bonds. The number of hydrogen-bond donors (Lipinski definition) is 1. The zero-order valence-corrected chi connectivity index (χ0v) is 11.2. The van der Waals surface area contributed by atoms with Crippen LogP contribution in [-0.2, 0) is 5.41 Å². The van der Waals surface area contributed by atoms with Crippen molar-refractivity contribution >= 4 is 17.0 Å². The van der Waals surface area contributed by atoms with Gasteiger partial charge in [0.2, 0.25) is 0 Å². The van der Waals surface area contributed by atoms with Gasteiger partial charge in [-0.3, -0.25) is 4.79 Å².